The van der Waals surface area contributed by atoms with Gasteiger partial charge in [0.05, 0.1) is 30.3 Å². The number of nitro groups is 1. The van der Waals surface area contributed by atoms with Crippen LogP contribution in [0.2, 0.25) is 0 Å². The molecule has 0 spiro atoms. The third-order valence-corrected chi connectivity index (χ3v) is 3.89. The first-order valence-corrected chi connectivity index (χ1v) is 8.68. The van der Waals surface area contributed by atoms with E-state index in [1.165, 1.54) is 6.07 Å². The minimum atomic E-state index is -0.416. The number of nitro benzene ring substituents is 1. The van der Waals surface area contributed by atoms with Crippen molar-refractivity contribution in [3.63, 3.8) is 0 Å². The SMILES string of the molecule is CCCCCCOc1ccc(/C(C)=N/NC2=[NH+]CCN2)cc1[N+](=O)[O-]. The number of guanidine groups is 1. The number of benzene rings is 1. The van der Waals surface area contributed by atoms with Crippen LogP contribution in [0.1, 0.15) is 45.1 Å². The standard InChI is InChI=1S/C17H25N5O3/c1-3-4-5-6-11-25-16-8-7-14(12-15(16)22(23)24)13(2)20-21-17-18-9-10-19-17/h7-8,12H,3-6,9-11H2,1-2H3,(H2,18,19,21)/p+1/b20-13+. The van der Waals surface area contributed by atoms with E-state index in [-0.39, 0.29) is 5.69 Å². The maximum atomic E-state index is 11.3. The van der Waals surface area contributed by atoms with Crippen molar-refractivity contribution in [2.24, 2.45) is 5.10 Å². The number of hydrazone groups is 1. The van der Waals surface area contributed by atoms with Gasteiger partial charge in [0.25, 0.3) is 0 Å². The van der Waals surface area contributed by atoms with Crippen LogP contribution in [0.25, 0.3) is 0 Å². The minimum Gasteiger partial charge on any atom is -0.487 e. The number of hydrogen-bond donors (Lipinski definition) is 3. The number of nitrogens with one attached hydrogen (secondary N) is 3. The molecular weight excluding hydrogens is 322 g/mol. The molecule has 0 aromatic heterocycles. The normalized spacial score (nSPS) is 14.0. The summed E-state index contributed by atoms with van der Waals surface area (Å²) in [5, 5.41) is 18.7. The lowest BCUT2D eigenvalue weighted by Gasteiger charge is -2.08. The van der Waals surface area contributed by atoms with Gasteiger partial charge in [0.1, 0.15) is 0 Å². The Hall–Kier alpha value is -2.64. The number of unbranched alkanes of at least 4 members (excludes halogenated alkanes) is 3. The van der Waals surface area contributed by atoms with E-state index in [9.17, 15) is 10.1 Å². The molecule has 0 unspecified atom stereocenters. The van der Waals surface area contributed by atoms with Crippen molar-refractivity contribution in [3.05, 3.63) is 33.9 Å². The first-order chi connectivity index (χ1) is 12.1. The Balaban J connectivity index is 2.03. The maximum Gasteiger partial charge on any atom is 0.367 e. The fourth-order valence-electron chi connectivity index (χ4n) is 2.44. The fraction of sp³-hybridized carbons (Fsp3) is 0.529. The van der Waals surface area contributed by atoms with E-state index in [4.69, 9.17) is 4.74 Å². The summed E-state index contributed by atoms with van der Waals surface area (Å²) in [6.07, 6.45) is 4.26. The smallest absolute Gasteiger partial charge is 0.367 e. The molecule has 1 aromatic carbocycles. The molecule has 0 saturated heterocycles. The Kier molecular flexibility index (Phi) is 7.18. The highest BCUT2D eigenvalue weighted by molar-refractivity contribution is 6.00. The summed E-state index contributed by atoms with van der Waals surface area (Å²) in [7, 11) is 0. The van der Waals surface area contributed by atoms with E-state index < -0.39 is 4.92 Å². The van der Waals surface area contributed by atoms with E-state index in [0.717, 1.165) is 44.7 Å². The van der Waals surface area contributed by atoms with Crippen molar-refractivity contribution >= 4 is 17.4 Å². The van der Waals surface area contributed by atoms with E-state index in [2.05, 4.69) is 27.8 Å². The summed E-state index contributed by atoms with van der Waals surface area (Å²) in [6.45, 7) is 6.11. The largest absolute Gasteiger partial charge is 0.487 e. The molecule has 1 aromatic rings. The molecular formula is C17H26N5O3+. The molecule has 1 aliphatic rings. The summed E-state index contributed by atoms with van der Waals surface area (Å²) in [4.78, 5) is 14.0. The van der Waals surface area contributed by atoms with Crippen LogP contribution in [-0.2, 0) is 0 Å². The number of nitrogens with zero attached hydrogens (tertiary/aromatic N) is 2. The van der Waals surface area contributed by atoms with Crippen molar-refractivity contribution in [1.82, 2.24) is 10.7 Å². The summed E-state index contributed by atoms with van der Waals surface area (Å²) in [5.41, 5.74) is 4.17. The van der Waals surface area contributed by atoms with Crippen LogP contribution in [-0.4, -0.2) is 36.3 Å². The van der Waals surface area contributed by atoms with Crippen LogP contribution in [0, 0.1) is 10.1 Å². The van der Waals surface area contributed by atoms with Gasteiger partial charge in [-0.2, -0.15) is 5.43 Å². The molecule has 0 aliphatic carbocycles. The second-order valence-electron chi connectivity index (χ2n) is 5.89. The molecule has 0 radical (unpaired) electrons. The Morgan fingerprint density at radius 1 is 1.44 bits per heavy atom. The maximum absolute atomic E-state index is 11.3. The summed E-state index contributed by atoms with van der Waals surface area (Å²) in [5.74, 6) is 1.04. The lowest BCUT2D eigenvalue weighted by atomic mass is 10.1. The molecule has 25 heavy (non-hydrogen) atoms. The molecule has 8 heteroatoms. The van der Waals surface area contributed by atoms with Crippen molar-refractivity contribution in [3.8, 4) is 5.75 Å². The Morgan fingerprint density at radius 3 is 2.96 bits per heavy atom. The molecule has 0 atom stereocenters. The van der Waals surface area contributed by atoms with Gasteiger partial charge in [-0.3, -0.25) is 20.4 Å². The summed E-state index contributed by atoms with van der Waals surface area (Å²) in [6, 6.07) is 4.93. The number of rotatable bonds is 9. The van der Waals surface area contributed by atoms with Gasteiger partial charge in [-0.05, 0) is 25.5 Å². The van der Waals surface area contributed by atoms with Crippen LogP contribution in [0.3, 0.4) is 0 Å². The van der Waals surface area contributed by atoms with Crippen LogP contribution in [0.5, 0.6) is 5.75 Å². The molecule has 0 bridgehead atoms. The van der Waals surface area contributed by atoms with Gasteiger partial charge in [-0.25, -0.2) is 0 Å². The number of hydrogen-bond acceptors (Lipinski definition) is 6. The quantitative estimate of drug-likeness (QED) is 0.266. The van der Waals surface area contributed by atoms with Gasteiger partial charge >= 0.3 is 11.6 Å². The molecule has 3 N–H and O–H groups in total. The molecule has 1 heterocycles. The average Bonchev–Trinajstić information content (AvgIpc) is 3.13. The van der Waals surface area contributed by atoms with Gasteiger partial charge < -0.3 is 4.74 Å². The van der Waals surface area contributed by atoms with Crippen LogP contribution >= 0.6 is 0 Å². The topological polar surface area (TPSA) is 103 Å². The van der Waals surface area contributed by atoms with Crippen LogP contribution in [0.4, 0.5) is 5.69 Å². The number of ether oxygens (including phenoxy) is 1. The minimum absolute atomic E-state index is 0.0349. The summed E-state index contributed by atoms with van der Waals surface area (Å²) < 4.78 is 5.60. The first kappa shape index (κ1) is 18.7. The van der Waals surface area contributed by atoms with Crippen molar-refractivity contribution < 1.29 is 14.7 Å². The highest BCUT2D eigenvalue weighted by atomic mass is 16.6. The average molecular weight is 348 g/mol. The fourth-order valence-corrected chi connectivity index (χ4v) is 2.44. The van der Waals surface area contributed by atoms with E-state index in [1.54, 1.807) is 19.1 Å². The molecule has 0 amide bonds. The summed E-state index contributed by atoms with van der Waals surface area (Å²) >= 11 is 0. The molecule has 0 fully saturated rings. The van der Waals surface area contributed by atoms with Crippen molar-refractivity contribution in [2.45, 2.75) is 39.5 Å². The van der Waals surface area contributed by atoms with Gasteiger partial charge in [-0.15, -0.1) is 5.10 Å². The van der Waals surface area contributed by atoms with E-state index in [0.29, 0.717) is 23.6 Å². The van der Waals surface area contributed by atoms with Crippen molar-refractivity contribution in [1.29, 1.82) is 0 Å². The lowest BCUT2D eigenvalue weighted by Crippen LogP contribution is -2.73. The van der Waals surface area contributed by atoms with Crippen molar-refractivity contribution in [2.75, 3.05) is 19.7 Å². The van der Waals surface area contributed by atoms with E-state index in [1.807, 2.05) is 0 Å². The molecule has 2 rings (SSSR count). The second-order valence-corrected chi connectivity index (χ2v) is 5.89. The highest BCUT2D eigenvalue weighted by Crippen LogP contribution is 2.28. The van der Waals surface area contributed by atoms with Gasteiger partial charge in [0.2, 0.25) is 0 Å². The predicted molar refractivity (Wildman–Crippen MR) is 96.9 cm³/mol. The zero-order valence-electron chi connectivity index (χ0n) is 14.8. The zero-order valence-corrected chi connectivity index (χ0v) is 14.8. The molecule has 8 nitrogen and oxygen atoms in total. The molecule has 1 aliphatic heterocycles. The first-order valence-electron chi connectivity index (χ1n) is 8.68. The Bertz CT molecular complexity index is 658. The van der Waals surface area contributed by atoms with Crippen LogP contribution < -0.4 is 20.5 Å². The molecule has 0 saturated carbocycles. The Labute approximate surface area is 147 Å². The zero-order chi connectivity index (χ0) is 18.1. The predicted octanol–water partition coefficient (Wildman–Crippen LogP) is 0.907. The monoisotopic (exact) mass is 348 g/mol. The Morgan fingerprint density at radius 2 is 2.28 bits per heavy atom. The van der Waals surface area contributed by atoms with Crippen LogP contribution in [0.15, 0.2) is 23.3 Å². The van der Waals surface area contributed by atoms with E-state index >= 15 is 0 Å². The molecule has 136 valence electrons. The third-order valence-electron chi connectivity index (χ3n) is 3.89. The lowest BCUT2D eigenvalue weighted by molar-refractivity contribution is -0.446. The van der Waals surface area contributed by atoms with Gasteiger partial charge in [0.15, 0.2) is 5.75 Å². The second kappa shape index (κ2) is 9.61. The highest BCUT2D eigenvalue weighted by Gasteiger charge is 2.17. The third kappa shape index (κ3) is 5.74. The van der Waals surface area contributed by atoms with Gasteiger partial charge in [0, 0.05) is 11.6 Å². The van der Waals surface area contributed by atoms with Gasteiger partial charge in [-0.1, -0.05) is 26.2 Å².